The van der Waals surface area contributed by atoms with Gasteiger partial charge in [0.25, 0.3) is 0 Å². The van der Waals surface area contributed by atoms with Crippen LogP contribution in [0.15, 0.2) is 36.8 Å². The number of ether oxygens (including phenoxy) is 1. The Morgan fingerprint density at radius 3 is 2.90 bits per heavy atom. The average Bonchev–Trinajstić information content (AvgIpc) is 3.25. The average molecular weight is 457 g/mol. The summed E-state index contributed by atoms with van der Waals surface area (Å²) in [5.74, 6) is -1.11. The summed E-state index contributed by atoms with van der Waals surface area (Å²) in [4.78, 5) is 4.08. The van der Waals surface area contributed by atoms with Gasteiger partial charge in [-0.05, 0) is 50.9 Å². The van der Waals surface area contributed by atoms with Crippen molar-refractivity contribution in [2.75, 3.05) is 18.7 Å². The Morgan fingerprint density at radius 2 is 2.13 bits per heavy atom. The highest BCUT2D eigenvalue weighted by molar-refractivity contribution is 6.36. The Kier molecular flexibility index (Phi) is 4.06. The fraction of sp³-hybridized carbons (Fsp3) is 0.333. The third kappa shape index (κ3) is 4.24. The number of nitrogens with one attached hydrogen (secondary N) is 1. The Labute approximate surface area is 194 Å². The second kappa shape index (κ2) is 8.79. The molecule has 1 atom stereocenters. The highest BCUT2D eigenvalue weighted by Crippen LogP contribution is 2.37. The number of nitrogen functional groups attached to an aromatic ring is 1. The quantitative estimate of drug-likeness (QED) is 0.525. The van der Waals surface area contributed by atoms with Gasteiger partial charge in [0.05, 0.1) is 17.3 Å². The molecular weight excluding hydrogens is 428 g/mol. The van der Waals surface area contributed by atoms with E-state index in [0.717, 1.165) is 6.07 Å². The van der Waals surface area contributed by atoms with Crippen LogP contribution < -0.4 is 15.8 Å². The van der Waals surface area contributed by atoms with Crippen LogP contribution in [0, 0.1) is 5.82 Å². The first kappa shape index (κ1) is 13.9. The molecule has 3 heterocycles. The molecule has 3 N–H and O–H groups in total. The molecule has 0 spiro atoms. The third-order valence-electron chi connectivity index (χ3n) is 4.63. The van der Waals surface area contributed by atoms with Crippen molar-refractivity contribution in [1.82, 2.24) is 20.1 Å². The van der Waals surface area contributed by atoms with E-state index in [-0.39, 0.29) is 35.0 Å². The van der Waals surface area contributed by atoms with Crippen molar-refractivity contribution in [3.8, 4) is 16.9 Å². The van der Waals surface area contributed by atoms with Gasteiger partial charge in [-0.2, -0.15) is 5.10 Å². The lowest BCUT2D eigenvalue weighted by Crippen LogP contribution is -2.29. The molecule has 0 aliphatic carbocycles. The van der Waals surface area contributed by atoms with Gasteiger partial charge >= 0.3 is 0 Å². The lowest BCUT2D eigenvalue weighted by molar-refractivity contribution is 0.227. The number of piperidine rings is 1. The lowest BCUT2D eigenvalue weighted by atomic mass is 10.1. The summed E-state index contributed by atoms with van der Waals surface area (Å²) in [6, 6.07) is 3.07. The number of pyridine rings is 1. The highest BCUT2D eigenvalue weighted by Gasteiger charge is 2.21. The summed E-state index contributed by atoms with van der Waals surface area (Å²) in [5.41, 5.74) is 6.66. The van der Waals surface area contributed by atoms with Crippen LogP contribution in [0.1, 0.15) is 47.0 Å². The number of rotatable bonds is 5. The van der Waals surface area contributed by atoms with Crippen molar-refractivity contribution < 1.29 is 18.7 Å². The van der Waals surface area contributed by atoms with E-state index in [0.29, 0.717) is 11.1 Å². The zero-order chi connectivity index (χ0) is 27.3. The zero-order valence-corrected chi connectivity index (χ0v) is 17.0. The monoisotopic (exact) mass is 456 g/mol. The fourth-order valence-electron chi connectivity index (χ4n) is 3.02. The molecule has 2 aromatic heterocycles. The van der Waals surface area contributed by atoms with Crippen LogP contribution in [0.25, 0.3) is 11.1 Å². The highest BCUT2D eigenvalue weighted by atomic mass is 35.5. The number of nitrogens with zero attached hydrogens (tertiary/aromatic N) is 3. The number of halogens is 3. The normalized spacial score (nSPS) is 23.1. The first-order valence-corrected chi connectivity index (χ1v) is 9.71. The number of hydrogen-bond acceptors (Lipinski definition) is 5. The maximum absolute atomic E-state index is 14.1. The maximum atomic E-state index is 14.1. The van der Waals surface area contributed by atoms with Crippen molar-refractivity contribution in [3.63, 3.8) is 0 Å². The van der Waals surface area contributed by atoms with Crippen LogP contribution in [-0.2, 0) is 0 Å². The molecule has 30 heavy (non-hydrogen) atoms. The molecular formula is C21H22Cl2FN5O. The summed E-state index contributed by atoms with van der Waals surface area (Å²) < 4.78 is 77.0. The van der Waals surface area contributed by atoms with E-state index < -0.39 is 42.8 Å². The molecule has 0 radical (unpaired) electrons. The first-order valence-electron chi connectivity index (χ1n) is 12.5. The summed E-state index contributed by atoms with van der Waals surface area (Å²) in [6.45, 7) is -6.65. The van der Waals surface area contributed by atoms with Crippen LogP contribution in [0.3, 0.4) is 0 Å². The number of nitrogens with two attached hydrogens (primary N) is 1. The van der Waals surface area contributed by atoms with Gasteiger partial charge in [0.15, 0.2) is 11.6 Å². The molecule has 6 nitrogen and oxygen atoms in total. The molecule has 4 rings (SSSR count). The lowest BCUT2D eigenvalue weighted by Gasteiger charge is -2.22. The number of benzene rings is 1. The van der Waals surface area contributed by atoms with Crippen LogP contribution >= 0.6 is 23.2 Å². The van der Waals surface area contributed by atoms with Gasteiger partial charge in [-0.15, -0.1) is 0 Å². The minimum Gasteiger partial charge on any atom is -0.482 e. The molecule has 0 bridgehead atoms. The second-order valence-corrected chi connectivity index (χ2v) is 7.40. The molecule has 0 unspecified atom stereocenters. The molecule has 1 saturated heterocycles. The number of aromatic nitrogens is 3. The first-order chi connectivity index (χ1) is 17.1. The topological polar surface area (TPSA) is 78.0 Å². The van der Waals surface area contributed by atoms with Crippen molar-refractivity contribution >= 4 is 29.0 Å². The third-order valence-corrected chi connectivity index (χ3v) is 5.34. The molecule has 1 aliphatic heterocycles. The summed E-state index contributed by atoms with van der Waals surface area (Å²) in [6.07, 6.45) is 2.72. The Hall–Kier alpha value is -2.35. The zero-order valence-electron chi connectivity index (χ0n) is 22.5. The number of hydrogen-bond donors (Lipinski definition) is 2. The van der Waals surface area contributed by atoms with E-state index >= 15 is 0 Å². The van der Waals surface area contributed by atoms with Crippen LogP contribution in [0.4, 0.5) is 10.2 Å². The van der Waals surface area contributed by atoms with E-state index in [4.69, 9.17) is 43.3 Å². The molecule has 0 saturated carbocycles. The fourth-order valence-corrected chi connectivity index (χ4v) is 3.59. The van der Waals surface area contributed by atoms with E-state index in [1.54, 1.807) is 6.20 Å². The van der Waals surface area contributed by atoms with E-state index in [2.05, 4.69) is 15.4 Å². The SMILES string of the molecule is [2H]C1([2H])CC(n2cc(-c3cnc(N)c(O[C@@H](c4c(Cl)ccc(F)c4Cl)C([2H])([2H])[2H])c3)cn2)CC([2H])([2H])N1. The van der Waals surface area contributed by atoms with E-state index in [1.165, 1.54) is 29.2 Å². The number of anilines is 1. The van der Waals surface area contributed by atoms with Crippen LogP contribution in [-0.4, -0.2) is 27.8 Å². The summed E-state index contributed by atoms with van der Waals surface area (Å²) in [7, 11) is 0. The summed E-state index contributed by atoms with van der Waals surface area (Å²) >= 11 is 12.2. The Balaban J connectivity index is 1.67. The van der Waals surface area contributed by atoms with Gasteiger partial charge in [-0.3, -0.25) is 4.68 Å². The second-order valence-electron chi connectivity index (χ2n) is 6.61. The minimum absolute atomic E-state index is 0.00258. The smallest absolute Gasteiger partial charge is 0.166 e. The van der Waals surface area contributed by atoms with Crippen LogP contribution in [0.2, 0.25) is 10.0 Å². The Bertz CT molecular complexity index is 1300. The minimum atomic E-state index is -2.80. The van der Waals surface area contributed by atoms with Gasteiger partial charge < -0.3 is 15.8 Å². The van der Waals surface area contributed by atoms with E-state index in [1.807, 2.05) is 0 Å². The van der Waals surface area contributed by atoms with Gasteiger partial charge in [-0.1, -0.05) is 23.2 Å². The molecule has 1 fully saturated rings. The molecule has 158 valence electrons. The molecule has 3 aromatic rings. The van der Waals surface area contributed by atoms with Gasteiger partial charge in [0.2, 0.25) is 0 Å². The van der Waals surface area contributed by atoms with Crippen molar-refractivity contribution in [1.29, 1.82) is 0 Å². The molecule has 9 heteroatoms. The van der Waals surface area contributed by atoms with Gasteiger partial charge in [0.1, 0.15) is 11.9 Å². The van der Waals surface area contributed by atoms with Crippen molar-refractivity contribution in [2.45, 2.75) is 31.8 Å². The standard InChI is InChI=1S/C21H22Cl2FN5O/c1-12(19-16(22)2-3-17(24)20(19)23)30-18-8-13(9-27-21(18)25)14-10-28-29(11-14)15-4-6-26-7-5-15/h2-3,8-12,15,26H,4-7H2,1H3,(H2,25,27)/t12-/m1/s1/i1D3,6D2,7D2. The van der Waals surface area contributed by atoms with Crippen LogP contribution in [0.5, 0.6) is 5.75 Å². The predicted octanol–water partition coefficient (Wildman–Crippen LogP) is 5.04. The van der Waals surface area contributed by atoms with Crippen molar-refractivity contribution in [3.05, 3.63) is 58.2 Å². The molecule has 1 aromatic carbocycles. The predicted molar refractivity (Wildman–Crippen MR) is 116 cm³/mol. The maximum Gasteiger partial charge on any atom is 0.166 e. The van der Waals surface area contributed by atoms with Gasteiger partial charge in [0, 0.05) is 43.7 Å². The van der Waals surface area contributed by atoms with E-state index in [9.17, 15) is 4.39 Å². The largest absolute Gasteiger partial charge is 0.482 e. The van der Waals surface area contributed by atoms with Gasteiger partial charge in [-0.25, -0.2) is 9.37 Å². The molecule has 0 amide bonds. The summed E-state index contributed by atoms with van der Waals surface area (Å²) in [5, 5.41) is 6.02. The molecule has 1 aliphatic rings. The Morgan fingerprint density at radius 1 is 1.33 bits per heavy atom. The van der Waals surface area contributed by atoms with Crippen molar-refractivity contribution in [2.24, 2.45) is 0 Å².